The molecular weight excluding hydrogens is 514 g/mol. The Kier molecular flexibility index (Phi) is 7.74. The van der Waals surface area contributed by atoms with Crippen molar-refractivity contribution in [3.05, 3.63) is 95.2 Å². The molecule has 200 valence electrons. The number of hydrogen-bond acceptors (Lipinski definition) is 8. The number of fused-ring (bicyclic) bond motifs is 1. The second kappa shape index (κ2) is 11.5. The van der Waals surface area contributed by atoms with E-state index in [1.807, 2.05) is 43.3 Å². The Balaban J connectivity index is 1.54. The Hall–Kier alpha value is -4.44. The molecular formula is C29H29N5O4S. The first-order valence-corrected chi connectivity index (χ1v) is 13.3. The van der Waals surface area contributed by atoms with Crippen LogP contribution in [0.15, 0.2) is 89.2 Å². The number of amides is 1. The van der Waals surface area contributed by atoms with Gasteiger partial charge in [-0.05, 0) is 42.8 Å². The molecule has 0 aliphatic carbocycles. The van der Waals surface area contributed by atoms with Gasteiger partial charge in [0.05, 0.1) is 26.9 Å². The summed E-state index contributed by atoms with van der Waals surface area (Å²) in [6.07, 6.45) is 0. The Morgan fingerprint density at radius 2 is 1.74 bits per heavy atom. The SMILES string of the molecule is COc1ccc(NC(=O)C2=C(C)Nc3nc(SCc4ccccc4)nn3[C@H]2c2cccc(OC)c2OC)cc1. The molecule has 1 atom stereocenters. The fourth-order valence-electron chi connectivity index (χ4n) is 4.50. The summed E-state index contributed by atoms with van der Waals surface area (Å²) in [6.45, 7) is 1.86. The van der Waals surface area contributed by atoms with Crippen molar-refractivity contribution in [2.75, 3.05) is 32.0 Å². The molecule has 0 saturated carbocycles. The summed E-state index contributed by atoms with van der Waals surface area (Å²) in [5, 5.41) is 11.7. The van der Waals surface area contributed by atoms with Gasteiger partial charge in [0.25, 0.3) is 5.91 Å². The molecule has 10 heteroatoms. The Morgan fingerprint density at radius 3 is 2.44 bits per heavy atom. The van der Waals surface area contributed by atoms with Gasteiger partial charge in [-0.1, -0.05) is 54.2 Å². The van der Waals surface area contributed by atoms with Crippen molar-refractivity contribution in [2.45, 2.75) is 23.9 Å². The summed E-state index contributed by atoms with van der Waals surface area (Å²) >= 11 is 1.53. The molecule has 2 N–H and O–H groups in total. The van der Waals surface area contributed by atoms with Crippen molar-refractivity contribution in [3.63, 3.8) is 0 Å². The molecule has 0 spiro atoms. The molecule has 4 aromatic rings. The van der Waals surface area contributed by atoms with Gasteiger partial charge in [0.1, 0.15) is 11.8 Å². The zero-order valence-corrected chi connectivity index (χ0v) is 22.9. The van der Waals surface area contributed by atoms with Crippen LogP contribution in [0.25, 0.3) is 0 Å². The number of methoxy groups -OCH3 is 3. The standard InChI is InChI=1S/C29H29N5O4S/c1-18-24(27(35)31-20-13-15-21(36-2)16-14-20)25(22-11-8-12-23(37-3)26(22)38-4)34-28(30-18)32-29(33-34)39-17-19-9-6-5-7-10-19/h5-16,25H,17H2,1-4H3,(H,31,35)(H,30,32,33)/t25-/m0/s1. The molecule has 5 rings (SSSR count). The lowest BCUT2D eigenvalue weighted by atomic mass is 9.94. The van der Waals surface area contributed by atoms with Crippen LogP contribution >= 0.6 is 11.8 Å². The molecule has 0 unspecified atom stereocenters. The number of nitrogens with zero attached hydrogens (tertiary/aromatic N) is 3. The number of benzene rings is 3. The third-order valence-electron chi connectivity index (χ3n) is 6.36. The Morgan fingerprint density at radius 1 is 0.974 bits per heavy atom. The average Bonchev–Trinajstić information content (AvgIpc) is 3.38. The smallest absolute Gasteiger partial charge is 0.255 e. The number of carbonyl (C=O) groups excluding carboxylic acids is 1. The van der Waals surface area contributed by atoms with Crippen LogP contribution in [0.4, 0.5) is 11.6 Å². The number of thioether (sulfide) groups is 1. The van der Waals surface area contributed by atoms with E-state index in [2.05, 4.69) is 22.8 Å². The van der Waals surface area contributed by atoms with E-state index >= 15 is 0 Å². The molecule has 1 aromatic heterocycles. The molecule has 0 bridgehead atoms. The lowest BCUT2D eigenvalue weighted by molar-refractivity contribution is -0.113. The lowest BCUT2D eigenvalue weighted by Gasteiger charge is -2.29. The number of aromatic nitrogens is 3. The second-order valence-corrected chi connectivity index (χ2v) is 9.71. The first kappa shape index (κ1) is 26.2. The van der Waals surface area contributed by atoms with E-state index in [-0.39, 0.29) is 5.91 Å². The summed E-state index contributed by atoms with van der Waals surface area (Å²) in [5.74, 6) is 2.76. The largest absolute Gasteiger partial charge is 0.497 e. The molecule has 9 nitrogen and oxygen atoms in total. The van der Waals surface area contributed by atoms with Gasteiger partial charge in [0, 0.05) is 22.7 Å². The summed E-state index contributed by atoms with van der Waals surface area (Å²) < 4.78 is 18.3. The lowest BCUT2D eigenvalue weighted by Crippen LogP contribution is -2.31. The monoisotopic (exact) mass is 543 g/mol. The molecule has 3 aromatic carbocycles. The molecule has 39 heavy (non-hydrogen) atoms. The number of carbonyl (C=O) groups is 1. The van der Waals surface area contributed by atoms with E-state index < -0.39 is 6.04 Å². The Labute approximate surface area is 231 Å². The van der Waals surface area contributed by atoms with Crippen LogP contribution in [-0.2, 0) is 10.5 Å². The molecule has 0 fully saturated rings. The fourth-order valence-corrected chi connectivity index (χ4v) is 5.28. The van der Waals surface area contributed by atoms with E-state index in [1.165, 1.54) is 17.3 Å². The quantitative estimate of drug-likeness (QED) is 0.266. The maximum Gasteiger partial charge on any atom is 0.255 e. The van der Waals surface area contributed by atoms with Gasteiger partial charge < -0.3 is 24.8 Å². The van der Waals surface area contributed by atoms with E-state index in [0.29, 0.717) is 51.1 Å². The molecule has 0 radical (unpaired) electrons. The number of hydrogen-bond donors (Lipinski definition) is 2. The molecule has 1 aliphatic heterocycles. The summed E-state index contributed by atoms with van der Waals surface area (Å²) in [6, 6.07) is 22.3. The van der Waals surface area contributed by atoms with E-state index in [0.717, 1.165) is 5.56 Å². The highest BCUT2D eigenvalue weighted by molar-refractivity contribution is 7.98. The minimum atomic E-state index is -0.622. The summed E-state index contributed by atoms with van der Waals surface area (Å²) in [7, 11) is 4.77. The van der Waals surface area contributed by atoms with Crippen LogP contribution in [0, 0.1) is 0 Å². The number of ether oxygens (including phenoxy) is 3. The fraction of sp³-hybridized carbons (Fsp3) is 0.207. The first-order chi connectivity index (χ1) is 19.0. The van der Waals surface area contributed by atoms with Crippen LogP contribution in [0.1, 0.15) is 24.1 Å². The number of nitrogens with one attached hydrogen (secondary N) is 2. The predicted molar refractivity (Wildman–Crippen MR) is 152 cm³/mol. The van der Waals surface area contributed by atoms with Gasteiger partial charge in [-0.2, -0.15) is 4.98 Å². The molecule has 0 saturated heterocycles. The number of para-hydroxylation sites is 1. The third kappa shape index (κ3) is 5.42. The number of rotatable bonds is 9. The van der Waals surface area contributed by atoms with E-state index in [1.54, 1.807) is 50.3 Å². The van der Waals surface area contributed by atoms with Gasteiger partial charge in [0.15, 0.2) is 11.5 Å². The maximum absolute atomic E-state index is 13.8. The van der Waals surface area contributed by atoms with Crippen LogP contribution in [-0.4, -0.2) is 42.0 Å². The van der Waals surface area contributed by atoms with Gasteiger partial charge in [-0.3, -0.25) is 4.79 Å². The predicted octanol–water partition coefficient (Wildman–Crippen LogP) is 5.52. The number of allylic oxidation sites excluding steroid dienone is 1. The summed E-state index contributed by atoms with van der Waals surface area (Å²) in [4.78, 5) is 18.6. The van der Waals surface area contributed by atoms with Crippen molar-refractivity contribution in [2.24, 2.45) is 0 Å². The highest BCUT2D eigenvalue weighted by atomic mass is 32.2. The zero-order chi connectivity index (χ0) is 27.4. The van der Waals surface area contributed by atoms with Gasteiger partial charge >= 0.3 is 0 Å². The first-order valence-electron chi connectivity index (χ1n) is 12.3. The topological polar surface area (TPSA) is 99.5 Å². The second-order valence-electron chi connectivity index (χ2n) is 8.77. The Bertz CT molecular complexity index is 1500. The summed E-state index contributed by atoms with van der Waals surface area (Å²) in [5.41, 5.74) is 3.68. The van der Waals surface area contributed by atoms with Crippen molar-refractivity contribution < 1.29 is 19.0 Å². The maximum atomic E-state index is 13.8. The minimum Gasteiger partial charge on any atom is -0.497 e. The normalized spacial score (nSPS) is 14.3. The van der Waals surface area contributed by atoms with Gasteiger partial charge in [-0.15, -0.1) is 5.10 Å². The van der Waals surface area contributed by atoms with Crippen molar-refractivity contribution in [1.29, 1.82) is 0 Å². The van der Waals surface area contributed by atoms with E-state index in [9.17, 15) is 4.79 Å². The van der Waals surface area contributed by atoms with Crippen molar-refractivity contribution >= 4 is 29.3 Å². The van der Waals surface area contributed by atoms with Gasteiger partial charge in [0.2, 0.25) is 11.1 Å². The highest BCUT2D eigenvalue weighted by Crippen LogP contribution is 2.43. The average molecular weight is 544 g/mol. The number of anilines is 2. The van der Waals surface area contributed by atoms with Crippen LogP contribution in [0.5, 0.6) is 17.2 Å². The van der Waals surface area contributed by atoms with Gasteiger partial charge in [-0.25, -0.2) is 4.68 Å². The molecule has 1 aliphatic rings. The minimum absolute atomic E-state index is 0.278. The van der Waals surface area contributed by atoms with Crippen molar-refractivity contribution in [1.82, 2.24) is 14.8 Å². The van der Waals surface area contributed by atoms with Crippen LogP contribution in [0.3, 0.4) is 0 Å². The van der Waals surface area contributed by atoms with E-state index in [4.69, 9.17) is 24.3 Å². The van der Waals surface area contributed by atoms with Crippen LogP contribution in [0.2, 0.25) is 0 Å². The third-order valence-corrected chi connectivity index (χ3v) is 7.27. The van der Waals surface area contributed by atoms with Crippen molar-refractivity contribution in [3.8, 4) is 17.2 Å². The molecule has 2 heterocycles. The zero-order valence-electron chi connectivity index (χ0n) is 22.1. The highest BCUT2D eigenvalue weighted by Gasteiger charge is 2.36. The molecule has 1 amide bonds. The van der Waals surface area contributed by atoms with Crippen LogP contribution < -0.4 is 24.8 Å².